The Bertz CT molecular complexity index is 1200. The maximum atomic E-state index is 12.5. The largest absolute Gasteiger partial charge is 0.466 e. The summed E-state index contributed by atoms with van der Waals surface area (Å²) in [7, 11) is 0. The topological polar surface area (TPSA) is 95.9 Å². The monoisotopic (exact) mass is 1080 g/mol. The van der Waals surface area contributed by atoms with Crippen LogP contribution in [0.4, 0.5) is 0 Å². The number of allylic oxidation sites excluding steroid dienone is 4. The highest BCUT2D eigenvalue weighted by Crippen LogP contribution is 2.19. The number of carbonyl (C=O) groups is 2. The highest BCUT2D eigenvalue weighted by Gasteiger charge is 2.20. The molecule has 0 saturated carbocycles. The number of unbranched alkanes of at least 4 members (excludes halogenated alkanes) is 51. The van der Waals surface area contributed by atoms with Crippen molar-refractivity contribution in [1.29, 1.82) is 0 Å². The van der Waals surface area contributed by atoms with Crippen molar-refractivity contribution < 1.29 is 24.5 Å². The average Bonchev–Trinajstić information content (AvgIpc) is 3.43. The van der Waals surface area contributed by atoms with Crippen molar-refractivity contribution in [3.8, 4) is 0 Å². The number of nitrogens with one attached hydrogen (secondary N) is 1. The Labute approximate surface area is 481 Å². The zero-order valence-electron chi connectivity index (χ0n) is 52.2. The first kappa shape index (κ1) is 75.3. The van der Waals surface area contributed by atoms with E-state index in [-0.39, 0.29) is 18.5 Å². The molecule has 0 saturated heterocycles. The van der Waals surface area contributed by atoms with E-state index < -0.39 is 12.1 Å². The van der Waals surface area contributed by atoms with Crippen LogP contribution < -0.4 is 5.32 Å². The van der Waals surface area contributed by atoms with Crippen LogP contribution >= 0.6 is 0 Å². The molecule has 0 spiro atoms. The molecule has 0 aliphatic carbocycles. The Morgan fingerprint density at radius 1 is 0.351 bits per heavy atom. The molecule has 0 aromatic carbocycles. The Morgan fingerprint density at radius 3 is 0.961 bits per heavy atom. The fraction of sp³-hybridized carbons (Fsp3) is 0.915. The molecule has 0 aliphatic rings. The number of esters is 1. The van der Waals surface area contributed by atoms with Crippen LogP contribution in [0, 0.1) is 0 Å². The molecule has 2 atom stereocenters. The van der Waals surface area contributed by atoms with E-state index in [1.165, 1.54) is 315 Å². The summed E-state index contributed by atoms with van der Waals surface area (Å²) in [5.41, 5.74) is 0. The van der Waals surface area contributed by atoms with E-state index in [1.54, 1.807) is 0 Å². The van der Waals surface area contributed by atoms with Crippen molar-refractivity contribution >= 4 is 11.9 Å². The van der Waals surface area contributed by atoms with E-state index in [0.29, 0.717) is 25.9 Å². The fourth-order valence-electron chi connectivity index (χ4n) is 11.1. The Morgan fingerprint density at radius 2 is 0.623 bits per heavy atom. The molecule has 2 unspecified atom stereocenters. The van der Waals surface area contributed by atoms with Crippen LogP contribution in [0.2, 0.25) is 0 Å². The van der Waals surface area contributed by atoms with E-state index in [2.05, 4.69) is 43.5 Å². The molecule has 456 valence electrons. The van der Waals surface area contributed by atoms with Gasteiger partial charge in [0, 0.05) is 12.8 Å². The molecule has 0 heterocycles. The van der Waals surface area contributed by atoms with Gasteiger partial charge in [0.05, 0.1) is 25.4 Å². The van der Waals surface area contributed by atoms with E-state index in [9.17, 15) is 19.8 Å². The normalized spacial score (nSPS) is 12.6. The van der Waals surface area contributed by atoms with Gasteiger partial charge in [0.1, 0.15) is 0 Å². The summed E-state index contributed by atoms with van der Waals surface area (Å²) in [4.78, 5) is 24.5. The van der Waals surface area contributed by atoms with E-state index in [1.807, 2.05) is 0 Å². The van der Waals surface area contributed by atoms with Gasteiger partial charge < -0.3 is 20.3 Å². The SMILES string of the molecule is CCCC/C=C\CCCCCCCC(=O)OCCCCCCCCCCCCCCCC/C=C\CCCCCCCCCCCCCCCCCCCC(=O)NC(CO)C(O)CCCCCCCCCCCCCCCC. The Kier molecular flexibility index (Phi) is 65.4. The first-order chi connectivity index (χ1) is 38.0. The van der Waals surface area contributed by atoms with Gasteiger partial charge in [-0.2, -0.15) is 0 Å². The van der Waals surface area contributed by atoms with Crippen molar-refractivity contribution in [2.24, 2.45) is 0 Å². The molecule has 0 rings (SSSR count). The van der Waals surface area contributed by atoms with Crippen LogP contribution in [-0.2, 0) is 14.3 Å². The quantitative estimate of drug-likeness (QED) is 0.0320. The second-order valence-corrected chi connectivity index (χ2v) is 24.2. The summed E-state index contributed by atoms with van der Waals surface area (Å²) in [6.45, 7) is 4.94. The van der Waals surface area contributed by atoms with Crippen LogP contribution in [0.25, 0.3) is 0 Å². The lowest BCUT2D eigenvalue weighted by Gasteiger charge is -2.22. The predicted molar refractivity (Wildman–Crippen MR) is 338 cm³/mol. The van der Waals surface area contributed by atoms with Gasteiger partial charge in [0.25, 0.3) is 0 Å². The third kappa shape index (κ3) is 63.4. The van der Waals surface area contributed by atoms with Crippen molar-refractivity contribution in [1.82, 2.24) is 5.32 Å². The molecule has 3 N–H and O–H groups in total. The summed E-state index contributed by atoms with van der Waals surface area (Å²) in [5.74, 6) is -0.0194. The average molecular weight is 1080 g/mol. The number of ether oxygens (including phenoxy) is 1. The highest BCUT2D eigenvalue weighted by molar-refractivity contribution is 5.76. The second kappa shape index (κ2) is 66.8. The molecule has 0 radical (unpaired) electrons. The first-order valence-corrected chi connectivity index (χ1v) is 35.1. The van der Waals surface area contributed by atoms with Gasteiger partial charge >= 0.3 is 5.97 Å². The Balaban J connectivity index is 3.33. The maximum Gasteiger partial charge on any atom is 0.305 e. The van der Waals surface area contributed by atoms with Gasteiger partial charge in [0.15, 0.2) is 0 Å². The van der Waals surface area contributed by atoms with E-state index in [4.69, 9.17) is 4.74 Å². The van der Waals surface area contributed by atoms with E-state index in [0.717, 1.165) is 44.9 Å². The van der Waals surface area contributed by atoms with Crippen LogP contribution in [0.1, 0.15) is 393 Å². The molecule has 6 nitrogen and oxygen atoms in total. The zero-order chi connectivity index (χ0) is 55.7. The van der Waals surface area contributed by atoms with Crippen molar-refractivity contribution in [2.45, 2.75) is 405 Å². The fourth-order valence-corrected chi connectivity index (χ4v) is 11.1. The maximum absolute atomic E-state index is 12.5. The molecule has 1 amide bonds. The summed E-state index contributed by atoms with van der Waals surface area (Å²) in [5, 5.41) is 23.3. The molecule has 6 heteroatoms. The lowest BCUT2D eigenvalue weighted by atomic mass is 10.0. The number of amides is 1. The van der Waals surface area contributed by atoms with Crippen LogP contribution in [-0.4, -0.2) is 47.4 Å². The molecule has 0 aromatic rings. The van der Waals surface area contributed by atoms with Gasteiger partial charge in [-0.25, -0.2) is 0 Å². The number of aliphatic hydroxyl groups excluding tert-OH is 2. The lowest BCUT2D eigenvalue weighted by Crippen LogP contribution is -2.45. The summed E-state index contributed by atoms with van der Waals surface area (Å²) in [6, 6.07) is -0.538. The van der Waals surface area contributed by atoms with Gasteiger partial charge in [-0.15, -0.1) is 0 Å². The molecule has 0 aliphatic heterocycles. The van der Waals surface area contributed by atoms with Crippen molar-refractivity contribution in [2.75, 3.05) is 13.2 Å². The minimum Gasteiger partial charge on any atom is -0.466 e. The van der Waals surface area contributed by atoms with E-state index >= 15 is 0 Å². The van der Waals surface area contributed by atoms with Gasteiger partial charge in [-0.3, -0.25) is 9.59 Å². The predicted octanol–water partition coefficient (Wildman–Crippen LogP) is 22.5. The second-order valence-electron chi connectivity index (χ2n) is 24.2. The van der Waals surface area contributed by atoms with Crippen LogP contribution in [0.3, 0.4) is 0 Å². The van der Waals surface area contributed by atoms with Crippen LogP contribution in [0.5, 0.6) is 0 Å². The number of carbonyl (C=O) groups excluding carboxylic acids is 2. The third-order valence-electron chi connectivity index (χ3n) is 16.5. The van der Waals surface area contributed by atoms with Crippen molar-refractivity contribution in [3.63, 3.8) is 0 Å². The third-order valence-corrected chi connectivity index (χ3v) is 16.5. The summed E-state index contributed by atoms with van der Waals surface area (Å²) in [6.07, 6.45) is 83.8. The zero-order valence-corrected chi connectivity index (χ0v) is 52.2. The molecule has 0 fully saturated rings. The van der Waals surface area contributed by atoms with Gasteiger partial charge in [0.2, 0.25) is 5.91 Å². The van der Waals surface area contributed by atoms with Gasteiger partial charge in [-0.1, -0.05) is 334 Å². The van der Waals surface area contributed by atoms with Crippen molar-refractivity contribution in [3.05, 3.63) is 24.3 Å². The standard InChI is InChI=1S/C71H137NO5/c1-3-5-7-9-11-13-15-16-40-44-47-51-55-59-63-69(74)68(67-73)72-70(75)64-60-56-52-48-45-41-38-36-34-32-30-28-26-24-22-20-18-17-19-21-23-25-27-29-31-33-35-37-39-42-46-50-54-58-62-66-77-71(76)65-61-57-53-49-43-14-12-10-8-6-4-2/h10,12,19,21,68-69,73-74H,3-9,11,13-18,20,22-67H2,1-2H3,(H,72,75)/b12-10-,21-19-. The molecular formula is C71H137NO5. The number of hydrogen-bond donors (Lipinski definition) is 3. The molecule has 0 bridgehead atoms. The number of aliphatic hydroxyl groups is 2. The summed E-state index contributed by atoms with van der Waals surface area (Å²) >= 11 is 0. The van der Waals surface area contributed by atoms with Gasteiger partial charge in [-0.05, 0) is 70.6 Å². The number of rotatable bonds is 66. The Hall–Kier alpha value is -1.66. The molecular weight excluding hydrogens is 947 g/mol. The lowest BCUT2D eigenvalue weighted by molar-refractivity contribution is -0.143. The minimum absolute atomic E-state index is 0.00944. The summed E-state index contributed by atoms with van der Waals surface area (Å²) < 4.78 is 5.47. The number of hydrogen-bond acceptors (Lipinski definition) is 5. The van der Waals surface area contributed by atoms with Crippen LogP contribution in [0.15, 0.2) is 24.3 Å². The molecule has 0 aromatic heterocycles. The smallest absolute Gasteiger partial charge is 0.305 e. The molecule has 77 heavy (non-hydrogen) atoms. The highest BCUT2D eigenvalue weighted by atomic mass is 16.5. The minimum atomic E-state index is -0.661. The first-order valence-electron chi connectivity index (χ1n) is 35.1.